The van der Waals surface area contributed by atoms with Crippen molar-refractivity contribution in [2.45, 2.75) is 52.4 Å². The molecule has 7 heteroatoms. The van der Waals surface area contributed by atoms with E-state index in [-0.39, 0.29) is 17.2 Å². The van der Waals surface area contributed by atoms with Crippen LogP contribution in [-0.2, 0) is 25.6 Å². The van der Waals surface area contributed by atoms with Crippen LogP contribution in [0, 0.1) is 5.41 Å². The first kappa shape index (κ1) is 22.3. The van der Waals surface area contributed by atoms with Gasteiger partial charge in [-0.1, -0.05) is 32.9 Å². The van der Waals surface area contributed by atoms with Gasteiger partial charge < -0.3 is 25.4 Å². The van der Waals surface area contributed by atoms with Gasteiger partial charge in [-0.3, -0.25) is 9.59 Å². The summed E-state index contributed by atoms with van der Waals surface area (Å²) in [5.41, 5.74) is 9.66. The molecule has 2 aliphatic heterocycles. The number of hydrogen-bond donors (Lipinski definition) is 2. The highest BCUT2D eigenvalue weighted by Gasteiger charge is 2.45. The van der Waals surface area contributed by atoms with Crippen LogP contribution in [0.25, 0.3) is 0 Å². The lowest BCUT2D eigenvalue weighted by molar-refractivity contribution is -0.229. The van der Waals surface area contributed by atoms with Crippen LogP contribution in [0.3, 0.4) is 0 Å². The molecule has 1 saturated heterocycles. The molecule has 2 aliphatic rings. The zero-order valence-corrected chi connectivity index (χ0v) is 18.9. The van der Waals surface area contributed by atoms with E-state index < -0.39 is 12.2 Å². The molecule has 0 radical (unpaired) electrons. The van der Waals surface area contributed by atoms with Crippen LogP contribution >= 0.6 is 0 Å². The number of nitrogen functional groups attached to an aromatic ring is 1. The first-order valence-electron chi connectivity index (χ1n) is 11.1. The summed E-state index contributed by atoms with van der Waals surface area (Å²) in [7, 11) is 0. The SMILES string of the molecule is CCCC(=O)Nc1ccc2c(c1)C(C1OCC(C)(C)CO1)C(=O)N2Cc1ccc(N)cc1. The number of fused-ring (bicyclic) bond motifs is 1. The first-order chi connectivity index (χ1) is 15.3. The summed E-state index contributed by atoms with van der Waals surface area (Å²) in [6, 6.07) is 13.1. The second kappa shape index (κ2) is 8.92. The van der Waals surface area contributed by atoms with Crippen molar-refractivity contribution in [1.29, 1.82) is 0 Å². The summed E-state index contributed by atoms with van der Waals surface area (Å²) in [5, 5.41) is 2.93. The van der Waals surface area contributed by atoms with Gasteiger partial charge in [-0.25, -0.2) is 0 Å². The minimum Gasteiger partial charge on any atom is -0.399 e. The number of hydrogen-bond acceptors (Lipinski definition) is 5. The van der Waals surface area contributed by atoms with E-state index in [1.165, 1.54) is 0 Å². The van der Waals surface area contributed by atoms with Crippen LogP contribution < -0.4 is 16.0 Å². The number of amides is 2. The maximum Gasteiger partial charge on any atom is 0.240 e. The number of carbonyl (C=O) groups is 2. The number of benzene rings is 2. The van der Waals surface area contributed by atoms with Crippen LogP contribution in [0.15, 0.2) is 42.5 Å². The summed E-state index contributed by atoms with van der Waals surface area (Å²) in [5.74, 6) is -0.699. The molecule has 0 aromatic heterocycles. The van der Waals surface area contributed by atoms with Crippen molar-refractivity contribution in [2.24, 2.45) is 5.41 Å². The molecule has 4 rings (SSSR count). The van der Waals surface area contributed by atoms with E-state index in [0.29, 0.717) is 37.6 Å². The third kappa shape index (κ3) is 4.64. The Kier molecular flexibility index (Phi) is 6.22. The Labute approximate surface area is 188 Å². The van der Waals surface area contributed by atoms with Gasteiger partial charge in [0.05, 0.1) is 19.8 Å². The van der Waals surface area contributed by atoms with Gasteiger partial charge in [0.1, 0.15) is 5.92 Å². The quantitative estimate of drug-likeness (QED) is 0.666. The fourth-order valence-electron chi connectivity index (χ4n) is 4.13. The zero-order valence-electron chi connectivity index (χ0n) is 18.9. The van der Waals surface area contributed by atoms with Crippen molar-refractivity contribution in [3.05, 3.63) is 53.6 Å². The molecule has 0 spiro atoms. The van der Waals surface area contributed by atoms with Crippen molar-refractivity contribution in [1.82, 2.24) is 0 Å². The lowest BCUT2D eigenvalue weighted by Gasteiger charge is -2.36. The van der Waals surface area contributed by atoms with Gasteiger partial charge in [0, 0.05) is 28.9 Å². The third-order valence-electron chi connectivity index (χ3n) is 5.82. The summed E-state index contributed by atoms with van der Waals surface area (Å²) in [4.78, 5) is 27.5. The van der Waals surface area contributed by atoms with E-state index in [1.807, 2.05) is 49.4 Å². The largest absolute Gasteiger partial charge is 0.399 e. The molecule has 0 aliphatic carbocycles. The van der Waals surface area contributed by atoms with E-state index in [1.54, 1.807) is 4.90 Å². The molecule has 1 fully saturated rings. The maximum atomic E-state index is 13.6. The Balaban J connectivity index is 1.65. The van der Waals surface area contributed by atoms with E-state index in [0.717, 1.165) is 23.2 Å². The highest BCUT2D eigenvalue weighted by molar-refractivity contribution is 6.06. The Morgan fingerprint density at radius 2 is 1.84 bits per heavy atom. The van der Waals surface area contributed by atoms with Gasteiger partial charge in [-0.05, 0) is 47.9 Å². The van der Waals surface area contributed by atoms with E-state index in [4.69, 9.17) is 15.2 Å². The smallest absolute Gasteiger partial charge is 0.240 e. The molecule has 0 bridgehead atoms. The average Bonchev–Trinajstić information content (AvgIpc) is 3.01. The number of nitrogens with zero attached hydrogens (tertiary/aromatic N) is 1. The molecule has 7 nitrogen and oxygen atoms in total. The molecule has 3 N–H and O–H groups in total. The summed E-state index contributed by atoms with van der Waals surface area (Å²) < 4.78 is 12.0. The predicted octanol–water partition coefficient (Wildman–Crippen LogP) is 4.04. The summed E-state index contributed by atoms with van der Waals surface area (Å²) in [6.45, 7) is 7.56. The topological polar surface area (TPSA) is 93.9 Å². The second-order valence-corrected chi connectivity index (χ2v) is 9.37. The van der Waals surface area contributed by atoms with Crippen molar-refractivity contribution < 1.29 is 19.1 Å². The van der Waals surface area contributed by atoms with Gasteiger partial charge in [0.15, 0.2) is 6.29 Å². The molecule has 170 valence electrons. The Bertz CT molecular complexity index is 993. The van der Waals surface area contributed by atoms with Crippen molar-refractivity contribution in [3.8, 4) is 0 Å². The predicted molar refractivity (Wildman–Crippen MR) is 124 cm³/mol. The van der Waals surface area contributed by atoms with Gasteiger partial charge in [0.25, 0.3) is 0 Å². The minimum atomic E-state index is -0.660. The second-order valence-electron chi connectivity index (χ2n) is 9.37. The molecular weight excluding hydrogens is 406 g/mol. The van der Waals surface area contributed by atoms with Gasteiger partial charge in [0.2, 0.25) is 11.8 Å². The van der Waals surface area contributed by atoms with Crippen LogP contribution in [0.1, 0.15) is 50.7 Å². The monoisotopic (exact) mass is 437 g/mol. The van der Waals surface area contributed by atoms with Gasteiger partial charge >= 0.3 is 0 Å². The van der Waals surface area contributed by atoms with Gasteiger partial charge in [-0.15, -0.1) is 0 Å². The lowest BCUT2D eigenvalue weighted by atomic mass is 9.93. The summed E-state index contributed by atoms with van der Waals surface area (Å²) in [6.07, 6.45) is 0.562. The lowest BCUT2D eigenvalue weighted by Crippen LogP contribution is -2.43. The number of nitrogens with one attached hydrogen (secondary N) is 1. The highest BCUT2D eigenvalue weighted by Crippen LogP contribution is 2.44. The molecule has 2 aromatic carbocycles. The van der Waals surface area contributed by atoms with E-state index in [2.05, 4.69) is 19.2 Å². The van der Waals surface area contributed by atoms with Crippen molar-refractivity contribution in [2.75, 3.05) is 29.2 Å². The number of anilines is 3. The fourth-order valence-corrected chi connectivity index (χ4v) is 4.13. The number of rotatable bonds is 6. The van der Waals surface area contributed by atoms with Crippen molar-refractivity contribution in [3.63, 3.8) is 0 Å². The van der Waals surface area contributed by atoms with Crippen LogP contribution in [0.2, 0.25) is 0 Å². The Morgan fingerprint density at radius 1 is 1.16 bits per heavy atom. The van der Waals surface area contributed by atoms with Crippen LogP contribution in [0.4, 0.5) is 17.1 Å². The first-order valence-corrected chi connectivity index (χ1v) is 11.1. The molecule has 2 aromatic rings. The van der Waals surface area contributed by atoms with Gasteiger partial charge in [-0.2, -0.15) is 0 Å². The zero-order chi connectivity index (χ0) is 22.9. The molecule has 1 unspecified atom stereocenters. The number of nitrogens with two attached hydrogens (primary N) is 1. The van der Waals surface area contributed by atoms with Crippen LogP contribution in [0.5, 0.6) is 0 Å². The minimum absolute atomic E-state index is 0.0426. The molecule has 2 amide bonds. The Morgan fingerprint density at radius 3 is 2.50 bits per heavy atom. The Hall–Kier alpha value is -2.90. The average molecular weight is 438 g/mol. The maximum absolute atomic E-state index is 13.6. The number of ether oxygens (including phenoxy) is 2. The van der Waals surface area contributed by atoms with E-state index >= 15 is 0 Å². The van der Waals surface area contributed by atoms with E-state index in [9.17, 15) is 9.59 Å². The third-order valence-corrected chi connectivity index (χ3v) is 5.82. The summed E-state index contributed by atoms with van der Waals surface area (Å²) >= 11 is 0. The molecule has 0 saturated carbocycles. The van der Waals surface area contributed by atoms with Crippen molar-refractivity contribution >= 4 is 28.9 Å². The van der Waals surface area contributed by atoms with Crippen LogP contribution in [-0.4, -0.2) is 31.3 Å². The number of carbonyl (C=O) groups excluding carboxylic acids is 2. The fraction of sp³-hybridized carbons (Fsp3) is 0.440. The molecule has 1 atom stereocenters. The molecule has 32 heavy (non-hydrogen) atoms. The standard InChI is InChI=1S/C25H31N3O4/c1-4-5-21(29)27-18-10-11-20-19(12-18)22(24-31-14-25(2,3)15-32-24)23(30)28(20)13-16-6-8-17(26)9-7-16/h6-12,22,24H,4-5,13-15,26H2,1-3H3,(H,27,29). The highest BCUT2D eigenvalue weighted by atomic mass is 16.7. The molecular formula is C25H31N3O4. The normalized spacial score (nSPS) is 20.3. The molecule has 2 heterocycles.